The Morgan fingerprint density at radius 2 is 0.811 bits per heavy atom. The van der Waals surface area contributed by atoms with Crippen molar-refractivity contribution in [3.05, 3.63) is 191 Å². The number of hydrogen-bond acceptors (Lipinski definition) is 32. The van der Waals surface area contributed by atoms with Crippen LogP contribution in [0.25, 0.3) is 57.2 Å². The molecule has 0 unspecified atom stereocenters. The number of hydrogen-bond donors (Lipinski definition) is 6. The van der Waals surface area contributed by atoms with Gasteiger partial charge in [0.15, 0.2) is 48.0 Å². The lowest BCUT2D eigenvalue weighted by molar-refractivity contribution is 0.0680. The number of ketones is 2. The van der Waals surface area contributed by atoms with Gasteiger partial charge in [-0.15, -0.1) is 112 Å². The molecule has 0 aliphatic heterocycles. The number of rotatable bonds is 12. The number of carbonyl (C=O) groups is 6. The molecule has 0 bridgehead atoms. The van der Waals surface area contributed by atoms with Gasteiger partial charge in [-0.3, -0.25) is 35.4 Å². The molecule has 9 aromatic heterocycles. The maximum atomic E-state index is 13.4. The molecule has 0 saturated heterocycles. The Balaban J connectivity index is 0.000000181. The van der Waals surface area contributed by atoms with Gasteiger partial charge in [0, 0.05) is 59.5 Å². The summed E-state index contributed by atoms with van der Waals surface area (Å²) in [7, 11) is 0. The monoisotopic (exact) mass is 1290 g/mol. The largest absolute Gasteiger partial charge is 0.478 e. The van der Waals surface area contributed by atoms with Crippen molar-refractivity contribution in [2.75, 3.05) is 0 Å². The second-order valence-electron chi connectivity index (χ2n) is 18.1. The number of Topliss-reactive ketones (excluding diaryl/α,β-unsaturated/α-hetero) is 2. The van der Waals surface area contributed by atoms with Crippen LogP contribution in [0.15, 0.2) is 139 Å². The van der Waals surface area contributed by atoms with E-state index in [0.29, 0.717) is 79.6 Å². The van der Waals surface area contributed by atoms with E-state index >= 15 is 0 Å². The average molecular weight is 1290 g/mol. The van der Waals surface area contributed by atoms with E-state index in [1.807, 2.05) is 0 Å². The van der Waals surface area contributed by atoms with Crippen molar-refractivity contribution < 1.29 is 53.6 Å². The molecule has 0 radical (unpaired) electrons. The van der Waals surface area contributed by atoms with E-state index in [4.69, 9.17) is 31.2 Å². The Labute approximate surface area is 531 Å². The minimum Gasteiger partial charge on any atom is -0.478 e. The van der Waals surface area contributed by atoms with Crippen LogP contribution in [-0.2, 0) is 0 Å². The van der Waals surface area contributed by atoms with Crippen molar-refractivity contribution in [1.29, 1.82) is 10.8 Å². The summed E-state index contributed by atoms with van der Waals surface area (Å²) in [4.78, 5) is 80.1. The molecule has 0 aliphatic carbocycles. The average Bonchev–Trinajstić information content (AvgIpc) is 0.983. The predicted octanol–water partition coefficient (Wildman–Crippen LogP) is 4.97. The third-order valence-electron chi connectivity index (χ3n) is 11.1. The summed E-state index contributed by atoms with van der Waals surface area (Å²) in [6.45, 7) is 9.39. The molecule has 476 valence electrons. The van der Waals surface area contributed by atoms with Crippen LogP contribution in [0.2, 0.25) is 0 Å². The Hall–Kier alpha value is -14.2. The first-order chi connectivity index (χ1) is 45.5. The van der Waals surface area contributed by atoms with Crippen molar-refractivity contribution >= 4 is 47.1 Å². The first-order valence-corrected chi connectivity index (χ1v) is 26.3. The van der Waals surface area contributed by atoms with E-state index in [2.05, 4.69) is 132 Å². The van der Waals surface area contributed by atoms with Gasteiger partial charge in [0.05, 0.1) is 16.7 Å². The number of benzene rings is 2. The van der Waals surface area contributed by atoms with Gasteiger partial charge in [-0.25, -0.2) is 28.6 Å². The van der Waals surface area contributed by atoms with Crippen LogP contribution in [0.5, 0.6) is 0 Å². The fourth-order valence-electron chi connectivity index (χ4n) is 6.56. The van der Waals surface area contributed by atoms with E-state index in [-0.39, 0.29) is 51.7 Å². The van der Waals surface area contributed by atoms with Crippen LogP contribution in [0.4, 0.5) is 4.39 Å². The maximum absolute atomic E-state index is 13.4. The van der Waals surface area contributed by atoms with Crippen molar-refractivity contribution in [3.63, 3.8) is 0 Å². The number of azo groups is 1. The number of halogens is 1. The summed E-state index contributed by atoms with van der Waals surface area (Å²) < 4.78 is 13.4. The maximum Gasteiger partial charge on any atom is 0.354 e. The van der Waals surface area contributed by atoms with E-state index in [9.17, 15) is 33.2 Å². The van der Waals surface area contributed by atoms with Crippen LogP contribution in [0.3, 0.4) is 0 Å². The number of carbonyl (C=O) groups excluding carboxylic acids is 2. The predicted molar refractivity (Wildman–Crippen MR) is 320 cm³/mol. The second-order valence-corrected chi connectivity index (χ2v) is 18.1. The van der Waals surface area contributed by atoms with E-state index in [1.54, 1.807) is 57.2 Å². The molecule has 0 aliphatic rings. The fraction of sp³-hybridized carbons (Fsp3) is 0.107. The van der Waals surface area contributed by atoms with Crippen LogP contribution < -0.4 is 0 Å². The molecule has 9 heterocycles. The summed E-state index contributed by atoms with van der Waals surface area (Å²) in [6, 6.07) is 20.7. The standard InChI is InChI=1S/C10H7FN4O2.C10H8N4O2.C9H7N5O2.C9H9N5O2.2C9H7N5O/c1-5-12-14-9(15-13-5)6-2-3-7(10(16)17)8(11)4-6;1-6-4-7(2-3-8(6)10(15)16)9-13-11-5-12-14-9;1-5-11-13-8(14-12-5)7-3-2-6(4-10-7)9(15)16;1-5(10)13-14-8(11)6-2-3-7(9(15)16)12-4-6;1-6(15)8-3-2-7(4-10-8)9-13-11-5-12-14-9;1-6(15)7-2-3-8(10-4-7)9-13-11-5-12-14-9/h2-4H,1H3,(H,16,17);2-5H,1H3,(H,15,16);2-4H,1H3,(H,15,16);2-4,10-11H,1H3,(H,15,16);2*2-5H,1H3. The highest BCUT2D eigenvalue weighted by Gasteiger charge is 2.15. The van der Waals surface area contributed by atoms with Crippen LogP contribution in [0.1, 0.15) is 106 Å². The quantitative estimate of drug-likeness (QED) is 0.0407. The molecule has 2 aromatic carbocycles. The van der Waals surface area contributed by atoms with Gasteiger partial charge < -0.3 is 20.4 Å². The fourth-order valence-corrected chi connectivity index (χ4v) is 6.56. The Bertz CT molecular complexity index is 4410. The summed E-state index contributed by atoms with van der Waals surface area (Å²) in [5.41, 5.74) is 4.51. The molecule has 0 spiro atoms. The van der Waals surface area contributed by atoms with Gasteiger partial charge in [-0.2, -0.15) is 0 Å². The zero-order valence-electron chi connectivity index (χ0n) is 49.9. The van der Waals surface area contributed by atoms with Crippen molar-refractivity contribution in [3.8, 4) is 57.2 Å². The van der Waals surface area contributed by atoms with Crippen molar-refractivity contribution in [2.24, 2.45) is 10.2 Å². The summed E-state index contributed by atoms with van der Waals surface area (Å²) in [5.74, 6) is -3.19. The van der Waals surface area contributed by atoms with Gasteiger partial charge in [0.1, 0.15) is 34.4 Å². The number of nitrogens with zero attached hydrogens (tertiary/aromatic N) is 26. The topological polar surface area (TPSA) is 565 Å². The number of pyridine rings is 4. The Morgan fingerprint density at radius 3 is 1.22 bits per heavy atom. The molecule has 11 rings (SSSR count). The first kappa shape index (κ1) is 69.9. The first-order valence-electron chi connectivity index (χ1n) is 26.3. The minimum atomic E-state index is -1.32. The molecule has 11 aromatic rings. The zero-order chi connectivity index (χ0) is 69.0. The SMILES string of the molecule is CC(=N)N=NC(=N)c1ccc(C(=O)O)nc1.CC(=O)c1ccc(-c2nncnn2)cn1.CC(=O)c1ccc(-c2nncnn2)nc1.Cc1cc(-c2nncnn2)ccc1C(=O)O.Cc1nnc(-c2ccc(C(=O)O)c(F)c2)nn1.Cc1nnc(-c2ccc(C(=O)O)cn2)nn1. The van der Waals surface area contributed by atoms with Gasteiger partial charge in [-0.05, 0) is 119 Å². The molecule has 6 N–H and O–H groups in total. The smallest absolute Gasteiger partial charge is 0.354 e. The van der Waals surface area contributed by atoms with Crippen LogP contribution in [-0.4, -0.2) is 189 Å². The highest BCUT2D eigenvalue weighted by atomic mass is 19.1. The second kappa shape index (κ2) is 34.5. The molecule has 0 fully saturated rings. The van der Waals surface area contributed by atoms with Crippen molar-refractivity contribution in [2.45, 2.75) is 41.5 Å². The third kappa shape index (κ3) is 21.8. The van der Waals surface area contributed by atoms with E-state index in [1.165, 1.54) is 101 Å². The number of carboxylic acid groups (broad SMARTS) is 4. The molecule has 0 amide bonds. The number of aryl methyl sites for hydroxylation is 3. The lowest BCUT2D eigenvalue weighted by atomic mass is 10.1. The highest BCUT2D eigenvalue weighted by molar-refractivity contribution is 5.98. The number of aromatic carboxylic acids is 4. The summed E-state index contributed by atoms with van der Waals surface area (Å²) in [6.07, 6.45) is 9.20. The Kier molecular flexibility index (Phi) is 25.4. The normalized spacial score (nSPS) is 10.1. The molecule has 0 atom stereocenters. The minimum absolute atomic E-state index is 0.0140. The van der Waals surface area contributed by atoms with E-state index in [0.717, 1.165) is 12.1 Å². The molecule has 95 heavy (non-hydrogen) atoms. The van der Waals surface area contributed by atoms with Gasteiger partial charge in [-0.1, -0.05) is 6.07 Å². The Morgan fingerprint density at radius 1 is 0.389 bits per heavy atom. The molecule has 0 saturated carbocycles. The lowest BCUT2D eigenvalue weighted by Crippen LogP contribution is -2.02. The molecule has 39 heteroatoms. The third-order valence-corrected chi connectivity index (χ3v) is 11.1. The van der Waals surface area contributed by atoms with E-state index < -0.39 is 35.3 Å². The van der Waals surface area contributed by atoms with Gasteiger partial charge in [0.25, 0.3) is 0 Å². The molecular weight excluding hydrogens is 1240 g/mol. The van der Waals surface area contributed by atoms with Gasteiger partial charge >= 0.3 is 23.9 Å². The van der Waals surface area contributed by atoms with Crippen LogP contribution in [0, 0.1) is 37.4 Å². The molecule has 38 nitrogen and oxygen atoms in total. The summed E-state index contributed by atoms with van der Waals surface area (Å²) >= 11 is 0. The molecular formula is C56H45FN28O10. The number of nitrogens with one attached hydrogen (secondary N) is 2. The summed E-state index contributed by atoms with van der Waals surface area (Å²) in [5, 5.41) is 130. The van der Waals surface area contributed by atoms with Crippen LogP contribution >= 0.6 is 0 Å². The van der Waals surface area contributed by atoms with Crippen molar-refractivity contribution in [1.82, 2.24) is 122 Å². The number of aromatic nitrogens is 24. The highest BCUT2D eigenvalue weighted by Crippen LogP contribution is 2.20. The number of carboxylic acids is 4. The lowest BCUT2D eigenvalue weighted by Gasteiger charge is -2.02. The number of amidine groups is 2. The van der Waals surface area contributed by atoms with Gasteiger partial charge in [0.2, 0.25) is 29.1 Å². The zero-order valence-corrected chi connectivity index (χ0v) is 49.9.